The molecule has 0 aliphatic heterocycles. The summed E-state index contributed by atoms with van der Waals surface area (Å²) in [5, 5.41) is 0. The van der Waals surface area contributed by atoms with E-state index in [1.807, 2.05) is 0 Å². The number of hydrogen-bond acceptors (Lipinski definition) is 0. The molecular weight excluding hydrogens is 163 g/mol. The van der Waals surface area contributed by atoms with Crippen LogP contribution in [0.3, 0.4) is 0 Å². The minimum atomic E-state index is 0.710. The predicted molar refractivity (Wildman–Crippen MR) is 28.3 cm³/mol. The molecule has 0 N–H and O–H groups in total. The maximum atomic E-state index is 2.28. The van der Waals surface area contributed by atoms with E-state index >= 15 is 0 Å². The fraction of sp³-hybridized carbons (Fsp3) is 1.00. The van der Waals surface area contributed by atoms with E-state index in [0.29, 0.717) is 3.17 Å². The van der Waals surface area contributed by atoms with E-state index in [1.165, 1.54) is 0 Å². The van der Waals surface area contributed by atoms with Gasteiger partial charge < -0.3 is 0 Å². The second-order valence-electron chi connectivity index (χ2n) is 3.00. The Morgan fingerprint density at radius 1 is 1.20 bits per heavy atom. The van der Waals surface area contributed by atoms with E-state index in [-0.39, 0.29) is 0 Å². The maximum absolute atomic E-state index is 2.28. The summed E-state index contributed by atoms with van der Waals surface area (Å²) in [5.41, 5.74) is 0. The van der Waals surface area contributed by atoms with Gasteiger partial charge in [-0.2, -0.15) is 0 Å². The summed E-state index contributed by atoms with van der Waals surface area (Å²) in [4.78, 5) is 0. The van der Waals surface area contributed by atoms with Crippen molar-refractivity contribution in [2.75, 3.05) is 0 Å². The second kappa shape index (κ2) is 1.55. The van der Waals surface area contributed by atoms with Gasteiger partial charge in [0.15, 0.2) is 0 Å². The molecule has 0 bridgehead atoms. The van der Waals surface area contributed by atoms with Crippen LogP contribution in [0.4, 0.5) is 0 Å². The van der Waals surface area contributed by atoms with Gasteiger partial charge in [0.2, 0.25) is 0 Å². The quantitative estimate of drug-likeness (QED) is 0.510. The summed E-state index contributed by atoms with van der Waals surface area (Å²) < 4.78 is 0.710. The summed E-state index contributed by atoms with van der Waals surface area (Å²) >= 11 is 0.857. The molecule has 0 amide bonds. The molecule has 0 fully saturated rings. The van der Waals surface area contributed by atoms with Crippen LogP contribution < -0.4 is 0 Å². The first-order chi connectivity index (χ1) is 2.00. The number of rotatable bonds is 0. The molecule has 0 nitrogen and oxygen atoms in total. The summed E-state index contributed by atoms with van der Waals surface area (Å²) in [6, 6.07) is 0. The Bertz CT molecular complexity index is 19.1. The molecule has 0 rings (SSSR count). The van der Waals surface area contributed by atoms with Crippen molar-refractivity contribution in [3.63, 3.8) is 0 Å². The van der Waals surface area contributed by atoms with Crippen LogP contribution >= 0.6 is 0 Å². The third-order valence-corrected chi connectivity index (χ3v) is 0. The first kappa shape index (κ1) is 5.87. The van der Waals surface area contributed by atoms with E-state index in [0.717, 1.165) is 24.4 Å². The molecule has 0 aliphatic rings. The Morgan fingerprint density at radius 3 is 1.20 bits per heavy atom. The third-order valence-electron chi connectivity index (χ3n) is 0. The van der Waals surface area contributed by atoms with Gasteiger partial charge in [-0.25, -0.2) is 0 Å². The zero-order valence-electron chi connectivity index (χ0n) is 4.50. The van der Waals surface area contributed by atoms with Crippen molar-refractivity contribution in [1.29, 1.82) is 0 Å². The Labute approximate surface area is 48.5 Å². The molecule has 0 heterocycles. The predicted octanol–water partition coefficient (Wildman–Crippen LogP) is 0.838. The van der Waals surface area contributed by atoms with Crippen LogP contribution in [0.5, 0.6) is 0 Å². The Balaban J connectivity index is 3.02. The first-order valence-electron chi connectivity index (χ1n) is 2.00. The van der Waals surface area contributed by atoms with E-state index in [2.05, 4.69) is 20.8 Å². The van der Waals surface area contributed by atoms with Crippen molar-refractivity contribution in [3.8, 4) is 0 Å². The molecule has 0 aromatic rings. The van der Waals surface area contributed by atoms with Crippen molar-refractivity contribution in [2.24, 2.45) is 0 Å². The van der Waals surface area contributed by atoms with Gasteiger partial charge >= 0.3 is 48.3 Å². The summed E-state index contributed by atoms with van der Waals surface area (Å²) in [6.07, 6.45) is 0. The molecule has 0 atom stereocenters. The average Bonchev–Trinajstić information content (AvgIpc) is 0.722. The molecule has 0 aromatic carbocycles. The van der Waals surface area contributed by atoms with Crippen molar-refractivity contribution in [1.82, 2.24) is 0 Å². The van der Waals surface area contributed by atoms with Gasteiger partial charge in [-0.15, -0.1) is 0 Å². The molecule has 0 saturated heterocycles. The van der Waals surface area contributed by atoms with Crippen LogP contribution in [-0.4, -0.2) is 24.4 Å². The van der Waals surface area contributed by atoms with Gasteiger partial charge in [-0.05, 0) is 0 Å². The van der Waals surface area contributed by atoms with Crippen molar-refractivity contribution in [2.45, 2.75) is 23.9 Å². The molecule has 0 spiro atoms. The second-order valence-corrected chi connectivity index (χ2v) is 11.6. The van der Waals surface area contributed by atoms with Gasteiger partial charge in [-0.1, -0.05) is 0 Å². The van der Waals surface area contributed by atoms with Gasteiger partial charge in [0.05, 0.1) is 0 Å². The Hall–Kier alpha value is 0.870. The van der Waals surface area contributed by atoms with Crippen LogP contribution in [0.1, 0.15) is 20.8 Å². The molecule has 0 saturated carbocycles. The molecule has 0 unspecified atom stereocenters. The van der Waals surface area contributed by atoms with E-state index in [9.17, 15) is 0 Å². The van der Waals surface area contributed by atoms with Gasteiger partial charge in [0.1, 0.15) is 0 Å². The van der Waals surface area contributed by atoms with Crippen molar-refractivity contribution >= 4 is 24.4 Å². The zero-order valence-corrected chi connectivity index (χ0v) is 10.2. The van der Waals surface area contributed by atoms with E-state index in [4.69, 9.17) is 0 Å². The molecule has 0 aromatic heterocycles. The standard InChI is InChI=1S/C4H9.In.2H/c1-4(2)3;;;/h1-3H3;;;. The molecule has 30 valence electrons. The number of hydrogen-bond donors (Lipinski definition) is 0. The molecular formula is C4H11In. The third kappa shape index (κ3) is 53.0. The van der Waals surface area contributed by atoms with Crippen LogP contribution in [0.2, 0.25) is 3.17 Å². The molecule has 0 radical (unpaired) electrons. The molecule has 1 heteroatoms. The Morgan fingerprint density at radius 2 is 1.20 bits per heavy atom. The van der Waals surface area contributed by atoms with Gasteiger partial charge in [0.25, 0.3) is 0 Å². The molecule has 0 aliphatic carbocycles. The van der Waals surface area contributed by atoms with Crippen LogP contribution in [-0.2, 0) is 0 Å². The Kier molecular flexibility index (Phi) is 1.81. The fourth-order valence-electron chi connectivity index (χ4n) is 0. The normalized spacial score (nSPS) is 11.8. The van der Waals surface area contributed by atoms with Crippen LogP contribution in [0.15, 0.2) is 0 Å². The van der Waals surface area contributed by atoms with Crippen molar-refractivity contribution in [3.05, 3.63) is 0 Å². The van der Waals surface area contributed by atoms with Crippen molar-refractivity contribution < 1.29 is 0 Å². The van der Waals surface area contributed by atoms with Gasteiger partial charge in [0, 0.05) is 0 Å². The zero-order chi connectivity index (χ0) is 4.50. The van der Waals surface area contributed by atoms with E-state index < -0.39 is 0 Å². The molecule has 5 heavy (non-hydrogen) atoms. The summed E-state index contributed by atoms with van der Waals surface area (Å²) in [7, 11) is 0. The summed E-state index contributed by atoms with van der Waals surface area (Å²) in [6.45, 7) is 6.84. The fourth-order valence-corrected chi connectivity index (χ4v) is 0. The summed E-state index contributed by atoms with van der Waals surface area (Å²) in [5.74, 6) is 0. The van der Waals surface area contributed by atoms with Gasteiger partial charge in [-0.3, -0.25) is 0 Å². The van der Waals surface area contributed by atoms with Crippen LogP contribution in [0.25, 0.3) is 0 Å². The average molecular weight is 174 g/mol. The van der Waals surface area contributed by atoms with E-state index in [1.54, 1.807) is 0 Å². The minimum absolute atomic E-state index is 0.710. The van der Waals surface area contributed by atoms with Crippen LogP contribution in [0, 0.1) is 0 Å². The monoisotopic (exact) mass is 174 g/mol. The first-order valence-corrected chi connectivity index (χ1v) is 4.85. The topological polar surface area (TPSA) is 0 Å². The SMILES string of the molecule is C[C](C)(C)[InH2].